The number of amides is 1. The van der Waals surface area contributed by atoms with Gasteiger partial charge in [0.1, 0.15) is 11.9 Å². The molecule has 1 fully saturated rings. The van der Waals surface area contributed by atoms with Gasteiger partial charge in [0.25, 0.3) is 0 Å². The molecule has 1 saturated heterocycles. The van der Waals surface area contributed by atoms with E-state index in [0.29, 0.717) is 25.4 Å². The topological polar surface area (TPSA) is 91.1 Å². The van der Waals surface area contributed by atoms with Gasteiger partial charge in [0.15, 0.2) is 9.84 Å². The summed E-state index contributed by atoms with van der Waals surface area (Å²) in [6.07, 6.45) is 0.560. The molecule has 1 aliphatic heterocycles. The van der Waals surface area contributed by atoms with Gasteiger partial charge in [-0.2, -0.15) is 0 Å². The van der Waals surface area contributed by atoms with Crippen LogP contribution in [0, 0.1) is 0 Å². The zero-order valence-corrected chi connectivity index (χ0v) is 15.8. The maximum atomic E-state index is 12.9. The lowest BCUT2D eigenvalue weighted by atomic mass is 10.2. The molecule has 1 aromatic carbocycles. The first kappa shape index (κ1) is 19.6. The summed E-state index contributed by atoms with van der Waals surface area (Å²) in [5, 5.41) is 10.4. The molecule has 2 heterocycles. The van der Waals surface area contributed by atoms with Crippen molar-refractivity contribution in [1.82, 2.24) is 9.80 Å². The first-order valence-corrected chi connectivity index (χ1v) is 10.7. The first-order valence-electron chi connectivity index (χ1n) is 8.89. The number of aliphatic hydroxyl groups excluding tert-OH is 1. The largest absolute Gasteiger partial charge is 0.467 e. The van der Waals surface area contributed by atoms with Crippen molar-refractivity contribution in [2.24, 2.45) is 0 Å². The van der Waals surface area contributed by atoms with Gasteiger partial charge >= 0.3 is 0 Å². The SMILES string of the molecule is O=C(CN1CCS(=O)(=O)CC1)N(Cc1ccccc1)CC(O)c1ccco1. The second-order valence-electron chi connectivity index (χ2n) is 6.72. The van der Waals surface area contributed by atoms with E-state index in [9.17, 15) is 18.3 Å². The van der Waals surface area contributed by atoms with E-state index in [1.807, 2.05) is 35.2 Å². The highest BCUT2D eigenvalue weighted by molar-refractivity contribution is 7.91. The molecule has 3 rings (SSSR count). The summed E-state index contributed by atoms with van der Waals surface area (Å²) in [5.74, 6) is 0.413. The van der Waals surface area contributed by atoms with Crippen LogP contribution in [0.25, 0.3) is 0 Å². The van der Waals surface area contributed by atoms with E-state index in [2.05, 4.69) is 0 Å². The van der Waals surface area contributed by atoms with Gasteiger partial charge in [0, 0.05) is 19.6 Å². The molecule has 0 spiro atoms. The zero-order chi connectivity index (χ0) is 19.3. The van der Waals surface area contributed by atoms with E-state index < -0.39 is 15.9 Å². The van der Waals surface area contributed by atoms with E-state index >= 15 is 0 Å². The minimum atomic E-state index is -2.99. The second-order valence-corrected chi connectivity index (χ2v) is 9.02. The van der Waals surface area contributed by atoms with Gasteiger partial charge in [0.2, 0.25) is 5.91 Å². The van der Waals surface area contributed by atoms with Crippen LogP contribution < -0.4 is 0 Å². The number of nitrogens with zero attached hydrogens (tertiary/aromatic N) is 2. The molecule has 1 aliphatic rings. The van der Waals surface area contributed by atoms with Crippen LogP contribution in [-0.2, 0) is 21.2 Å². The van der Waals surface area contributed by atoms with Crippen molar-refractivity contribution in [1.29, 1.82) is 0 Å². The van der Waals surface area contributed by atoms with E-state index in [0.717, 1.165) is 5.56 Å². The standard InChI is InChI=1S/C19H24N2O5S/c22-17(18-7-4-10-26-18)14-21(13-16-5-2-1-3-6-16)19(23)15-20-8-11-27(24,25)12-9-20/h1-7,10,17,22H,8-9,11-15H2. The Hall–Kier alpha value is -2.16. The highest BCUT2D eigenvalue weighted by atomic mass is 32.2. The second kappa shape index (κ2) is 8.69. The molecule has 1 amide bonds. The summed E-state index contributed by atoms with van der Waals surface area (Å²) in [6, 6.07) is 12.9. The monoisotopic (exact) mass is 392 g/mol. The van der Waals surface area contributed by atoms with Crippen LogP contribution >= 0.6 is 0 Å². The number of carbonyl (C=O) groups is 1. The third kappa shape index (κ3) is 5.66. The van der Waals surface area contributed by atoms with Gasteiger partial charge in [0.05, 0.1) is 30.9 Å². The lowest BCUT2D eigenvalue weighted by Crippen LogP contribution is -2.47. The zero-order valence-electron chi connectivity index (χ0n) is 15.0. The Bertz CT molecular complexity index is 822. The van der Waals surface area contributed by atoms with Gasteiger partial charge in [-0.3, -0.25) is 9.69 Å². The molecule has 0 bridgehead atoms. The predicted octanol–water partition coefficient (Wildman–Crippen LogP) is 1.07. The van der Waals surface area contributed by atoms with Crippen molar-refractivity contribution < 1.29 is 22.7 Å². The molecule has 1 N–H and O–H groups in total. The summed E-state index contributed by atoms with van der Waals surface area (Å²) in [6.45, 7) is 1.31. The van der Waals surface area contributed by atoms with Crippen molar-refractivity contribution in [3.63, 3.8) is 0 Å². The van der Waals surface area contributed by atoms with Crippen LogP contribution in [0.15, 0.2) is 53.1 Å². The van der Waals surface area contributed by atoms with Crippen molar-refractivity contribution in [3.05, 3.63) is 60.1 Å². The minimum absolute atomic E-state index is 0.0774. The Labute approximate surface area is 159 Å². The summed E-state index contributed by atoms with van der Waals surface area (Å²) in [5.41, 5.74) is 0.957. The first-order chi connectivity index (χ1) is 12.9. The number of hydrogen-bond donors (Lipinski definition) is 1. The number of rotatable bonds is 7. The molecule has 0 saturated carbocycles. The fraction of sp³-hybridized carbons (Fsp3) is 0.421. The summed E-state index contributed by atoms with van der Waals surface area (Å²) < 4.78 is 28.4. The van der Waals surface area contributed by atoms with E-state index in [-0.39, 0.29) is 30.5 Å². The lowest BCUT2D eigenvalue weighted by molar-refractivity contribution is -0.134. The van der Waals surface area contributed by atoms with Crippen LogP contribution in [0.5, 0.6) is 0 Å². The Morgan fingerprint density at radius 1 is 1.15 bits per heavy atom. The van der Waals surface area contributed by atoms with Crippen molar-refractivity contribution in [2.75, 3.05) is 37.7 Å². The summed E-state index contributed by atoms with van der Waals surface area (Å²) >= 11 is 0. The average Bonchev–Trinajstić information content (AvgIpc) is 3.18. The van der Waals surface area contributed by atoms with E-state index in [1.54, 1.807) is 17.0 Å². The number of carbonyl (C=O) groups excluding carboxylic acids is 1. The van der Waals surface area contributed by atoms with Crippen LogP contribution in [-0.4, -0.2) is 66.9 Å². The van der Waals surface area contributed by atoms with Gasteiger partial charge in [-0.25, -0.2) is 8.42 Å². The minimum Gasteiger partial charge on any atom is -0.467 e. The normalized spacial score (nSPS) is 18.1. The fourth-order valence-electron chi connectivity index (χ4n) is 3.04. The number of aliphatic hydroxyl groups is 1. The predicted molar refractivity (Wildman–Crippen MR) is 101 cm³/mol. The molecular weight excluding hydrogens is 368 g/mol. The van der Waals surface area contributed by atoms with Crippen LogP contribution in [0.2, 0.25) is 0 Å². The van der Waals surface area contributed by atoms with E-state index in [4.69, 9.17) is 4.42 Å². The Morgan fingerprint density at radius 3 is 2.48 bits per heavy atom. The molecule has 8 heteroatoms. The molecule has 2 aromatic rings. The smallest absolute Gasteiger partial charge is 0.237 e. The van der Waals surface area contributed by atoms with Crippen LogP contribution in [0.4, 0.5) is 0 Å². The summed E-state index contributed by atoms with van der Waals surface area (Å²) in [4.78, 5) is 16.3. The highest BCUT2D eigenvalue weighted by Gasteiger charge is 2.26. The maximum Gasteiger partial charge on any atom is 0.237 e. The van der Waals surface area contributed by atoms with Crippen molar-refractivity contribution in [3.8, 4) is 0 Å². The molecule has 1 atom stereocenters. The molecule has 27 heavy (non-hydrogen) atoms. The molecule has 0 aliphatic carbocycles. The van der Waals surface area contributed by atoms with Gasteiger partial charge in [-0.05, 0) is 17.7 Å². The average molecular weight is 392 g/mol. The fourth-order valence-corrected chi connectivity index (χ4v) is 4.31. The highest BCUT2D eigenvalue weighted by Crippen LogP contribution is 2.17. The molecular formula is C19H24N2O5S. The van der Waals surface area contributed by atoms with Crippen LogP contribution in [0.3, 0.4) is 0 Å². The lowest BCUT2D eigenvalue weighted by Gasteiger charge is -2.30. The number of furan rings is 1. The number of sulfone groups is 1. The number of benzene rings is 1. The van der Waals surface area contributed by atoms with E-state index in [1.165, 1.54) is 6.26 Å². The molecule has 7 nitrogen and oxygen atoms in total. The van der Waals surface area contributed by atoms with Gasteiger partial charge < -0.3 is 14.4 Å². The summed E-state index contributed by atoms with van der Waals surface area (Å²) in [7, 11) is -2.99. The van der Waals surface area contributed by atoms with Gasteiger partial charge in [-0.15, -0.1) is 0 Å². The third-order valence-electron chi connectivity index (χ3n) is 4.63. The van der Waals surface area contributed by atoms with Crippen LogP contribution in [0.1, 0.15) is 17.4 Å². The number of hydrogen-bond acceptors (Lipinski definition) is 6. The maximum absolute atomic E-state index is 12.9. The van der Waals surface area contributed by atoms with Crippen molar-refractivity contribution >= 4 is 15.7 Å². The molecule has 1 unspecified atom stereocenters. The van der Waals surface area contributed by atoms with Gasteiger partial charge in [-0.1, -0.05) is 30.3 Å². The Kier molecular flexibility index (Phi) is 6.30. The molecule has 0 radical (unpaired) electrons. The Balaban J connectivity index is 1.67. The Morgan fingerprint density at radius 2 is 1.85 bits per heavy atom. The molecule has 146 valence electrons. The molecule has 1 aromatic heterocycles. The van der Waals surface area contributed by atoms with Crippen molar-refractivity contribution in [2.45, 2.75) is 12.6 Å². The quantitative estimate of drug-likeness (QED) is 0.758. The third-order valence-corrected chi connectivity index (χ3v) is 6.24.